The van der Waals surface area contributed by atoms with Crippen LogP contribution in [0.25, 0.3) is 0 Å². The lowest BCUT2D eigenvalue weighted by molar-refractivity contribution is -0.275. The van der Waals surface area contributed by atoms with E-state index >= 15 is 0 Å². The third-order valence-corrected chi connectivity index (χ3v) is 2.34. The summed E-state index contributed by atoms with van der Waals surface area (Å²) in [5, 5.41) is 0. The van der Waals surface area contributed by atoms with Crippen molar-refractivity contribution in [2.75, 3.05) is 6.61 Å². The predicted octanol–water partition coefficient (Wildman–Crippen LogP) is 2.96. The maximum Gasteiger partial charge on any atom is 0.573 e. The van der Waals surface area contributed by atoms with Crippen molar-refractivity contribution < 1.29 is 31.8 Å². The molecule has 0 atom stereocenters. The second kappa shape index (κ2) is 6.74. The smallest absolute Gasteiger partial charge is 0.466 e. The standard InChI is InChI=1S/C11H10ClF4NO3/c1-2-19-9(18)4-6-3-8(20-11(14,15)16)7(5-12)10(13)17-6/h3H,2,4-5H2,1H3. The van der Waals surface area contributed by atoms with Gasteiger partial charge in [-0.2, -0.15) is 4.39 Å². The molecule has 1 aromatic heterocycles. The second-order valence-corrected chi connectivity index (χ2v) is 3.81. The van der Waals surface area contributed by atoms with Gasteiger partial charge in [-0.25, -0.2) is 4.98 Å². The molecule has 0 bridgehead atoms. The number of alkyl halides is 4. The van der Waals surface area contributed by atoms with Crippen molar-refractivity contribution in [2.24, 2.45) is 0 Å². The highest BCUT2D eigenvalue weighted by Gasteiger charge is 2.33. The zero-order valence-corrected chi connectivity index (χ0v) is 11.0. The number of carbonyl (C=O) groups excluding carboxylic acids is 1. The zero-order valence-electron chi connectivity index (χ0n) is 10.3. The van der Waals surface area contributed by atoms with Gasteiger partial charge in [0.2, 0.25) is 5.95 Å². The van der Waals surface area contributed by atoms with Crippen molar-refractivity contribution in [1.29, 1.82) is 0 Å². The van der Waals surface area contributed by atoms with Gasteiger partial charge in [0.25, 0.3) is 0 Å². The van der Waals surface area contributed by atoms with E-state index in [-0.39, 0.29) is 12.3 Å². The van der Waals surface area contributed by atoms with Crippen LogP contribution in [0.15, 0.2) is 6.07 Å². The van der Waals surface area contributed by atoms with Gasteiger partial charge in [0.15, 0.2) is 0 Å². The first-order chi connectivity index (χ1) is 9.26. The Labute approximate surface area is 116 Å². The Bertz CT molecular complexity index is 493. The number of esters is 1. The molecule has 1 heterocycles. The molecule has 0 aliphatic carbocycles. The van der Waals surface area contributed by atoms with Crippen LogP contribution in [-0.4, -0.2) is 23.9 Å². The third-order valence-electron chi connectivity index (χ3n) is 2.08. The van der Waals surface area contributed by atoms with Gasteiger partial charge in [-0.15, -0.1) is 24.8 Å². The van der Waals surface area contributed by atoms with Gasteiger partial charge in [0, 0.05) is 6.07 Å². The van der Waals surface area contributed by atoms with Gasteiger partial charge in [-0.05, 0) is 6.92 Å². The molecule has 9 heteroatoms. The molecule has 112 valence electrons. The molecular formula is C11H10ClF4NO3. The van der Waals surface area contributed by atoms with Crippen LogP contribution in [0.1, 0.15) is 18.2 Å². The van der Waals surface area contributed by atoms with E-state index in [1.165, 1.54) is 0 Å². The minimum Gasteiger partial charge on any atom is -0.466 e. The molecule has 0 aliphatic rings. The van der Waals surface area contributed by atoms with Crippen molar-refractivity contribution >= 4 is 17.6 Å². The number of carbonyl (C=O) groups is 1. The Morgan fingerprint density at radius 2 is 2.10 bits per heavy atom. The van der Waals surface area contributed by atoms with Crippen LogP contribution in [0.5, 0.6) is 5.75 Å². The molecule has 0 saturated heterocycles. The summed E-state index contributed by atoms with van der Waals surface area (Å²) in [6, 6.07) is 0.811. The van der Waals surface area contributed by atoms with Crippen molar-refractivity contribution in [3.8, 4) is 5.75 Å². The fourth-order valence-electron chi connectivity index (χ4n) is 1.35. The van der Waals surface area contributed by atoms with E-state index in [9.17, 15) is 22.4 Å². The summed E-state index contributed by atoms with van der Waals surface area (Å²) in [4.78, 5) is 14.6. The fourth-order valence-corrected chi connectivity index (χ4v) is 1.60. The third kappa shape index (κ3) is 4.84. The van der Waals surface area contributed by atoms with E-state index in [1.807, 2.05) is 0 Å². The number of nitrogens with zero attached hydrogens (tertiary/aromatic N) is 1. The minimum absolute atomic E-state index is 0.0903. The summed E-state index contributed by atoms with van der Waals surface area (Å²) in [7, 11) is 0. The van der Waals surface area contributed by atoms with Crippen LogP contribution >= 0.6 is 11.6 Å². The Balaban J connectivity index is 3.07. The number of aromatic nitrogens is 1. The molecule has 0 unspecified atom stereocenters. The maximum atomic E-state index is 13.5. The topological polar surface area (TPSA) is 48.4 Å². The van der Waals surface area contributed by atoms with Gasteiger partial charge in [-0.3, -0.25) is 4.79 Å². The first-order valence-electron chi connectivity index (χ1n) is 5.42. The van der Waals surface area contributed by atoms with E-state index in [4.69, 9.17) is 11.6 Å². The molecule has 0 spiro atoms. The molecular weight excluding hydrogens is 306 g/mol. The number of hydrogen-bond donors (Lipinski definition) is 0. The van der Waals surface area contributed by atoms with Crippen molar-refractivity contribution in [3.63, 3.8) is 0 Å². The average molecular weight is 316 g/mol. The van der Waals surface area contributed by atoms with E-state index in [0.717, 1.165) is 6.07 Å². The summed E-state index contributed by atoms with van der Waals surface area (Å²) in [6.07, 6.45) is -5.47. The summed E-state index contributed by atoms with van der Waals surface area (Å²) in [5.74, 6) is -3.33. The summed E-state index contributed by atoms with van der Waals surface area (Å²) in [6.45, 7) is 1.65. The van der Waals surface area contributed by atoms with Gasteiger partial charge in [0.05, 0.1) is 30.2 Å². The molecule has 1 aromatic rings. The minimum atomic E-state index is -5.00. The van der Waals surface area contributed by atoms with Gasteiger partial charge in [0.1, 0.15) is 5.75 Å². The Kier molecular flexibility index (Phi) is 5.55. The number of hydrogen-bond acceptors (Lipinski definition) is 4. The summed E-state index contributed by atoms with van der Waals surface area (Å²) in [5.41, 5.74) is -0.773. The molecule has 0 aromatic carbocycles. The lowest BCUT2D eigenvalue weighted by atomic mass is 10.2. The van der Waals surface area contributed by atoms with Gasteiger partial charge >= 0.3 is 12.3 Å². The Hall–Kier alpha value is -1.57. The van der Waals surface area contributed by atoms with Crippen LogP contribution in [0.2, 0.25) is 0 Å². The van der Waals surface area contributed by atoms with Crippen molar-refractivity contribution in [3.05, 3.63) is 23.3 Å². The predicted molar refractivity (Wildman–Crippen MR) is 60.8 cm³/mol. The highest BCUT2D eigenvalue weighted by Crippen LogP contribution is 2.29. The van der Waals surface area contributed by atoms with E-state index in [1.54, 1.807) is 6.92 Å². The highest BCUT2D eigenvalue weighted by atomic mass is 35.5. The summed E-state index contributed by atoms with van der Waals surface area (Å²) < 4.78 is 58.4. The Morgan fingerprint density at radius 3 is 2.60 bits per heavy atom. The number of rotatable bonds is 5. The van der Waals surface area contributed by atoms with E-state index in [0.29, 0.717) is 0 Å². The molecule has 0 aliphatic heterocycles. The van der Waals surface area contributed by atoms with Gasteiger partial charge in [-0.1, -0.05) is 0 Å². The zero-order chi connectivity index (χ0) is 15.3. The molecule has 4 nitrogen and oxygen atoms in total. The number of pyridine rings is 1. The lowest BCUT2D eigenvalue weighted by Crippen LogP contribution is -2.19. The van der Waals surface area contributed by atoms with Gasteiger partial charge < -0.3 is 9.47 Å². The highest BCUT2D eigenvalue weighted by molar-refractivity contribution is 6.17. The fraction of sp³-hybridized carbons (Fsp3) is 0.455. The first-order valence-corrected chi connectivity index (χ1v) is 5.96. The quantitative estimate of drug-likeness (QED) is 0.363. The molecule has 0 N–H and O–H groups in total. The second-order valence-electron chi connectivity index (χ2n) is 3.54. The van der Waals surface area contributed by atoms with Crippen LogP contribution in [-0.2, 0) is 21.8 Å². The monoisotopic (exact) mass is 315 g/mol. The molecule has 1 rings (SSSR count). The normalized spacial score (nSPS) is 11.3. The molecule has 0 amide bonds. The first kappa shape index (κ1) is 16.5. The Morgan fingerprint density at radius 1 is 1.45 bits per heavy atom. The number of ether oxygens (including phenoxy) is 2. The molecule has 0 radical (unpaired) electrons. The molecule has 0 saturated carbocycles. The molecule has 0 fully saturated rings. The lowest BCUT2D eigenvalue weighted by Gasteiger charge is -2.13. The van der Waals surface area contributed by atoms with Crippen molar-refractivity contribution in [2.45, 2.75) is 25.6 Å². The van der Waals surface area contributed by atoms with E-state index < -0.39 is 41.9 Å². The SMILES string of the molecule is CCOC(=O)Cc1cc(OC(F)(F)F)c(CCl)c(F)n1. The maximum absolute atomic E-state index is 13.5. The van der Waals surface area contributed by atoms with E-state index in [2.05, 4.69) is 14.5 Å². The van der Waals surface area contributed by atoms with Crippen LogP contribution in [0.4, 0.5) is 17.6 Å². The van der Waals surface area contributed by atoms with Crippen LogP contribution in [0, 0.1) is 5.95 Å². The van der Waals surface area contributed by atoms with Crippen LogP contribution < -0.4 is 4.74 Å². The largest absolute Gasteiger partial charge is 0.573 e. The summed E-state index contributed by atoms with van der Waals surface area (Å²) >= 11 is 5.36. The van der Waals surface area contributed by atoms with Crippen molar-refractivity contribution in [1.82, 2.24) is 4.98 Å². The molecule has 20 heavy (non-hydrogen) atoms. The van der Waals surface area contributed by atoms with Crippen LogP contribution in [0.3, 0.4) is 0 Å². The average Bonchev–Trinajstić information content (AvgIpc) is 2.26. The number of halogens is 5.